The van der Waals surface area contributed by atoms with E-state index in [4.69, 9.17) is 9.47 Å². The molecule has 0 heterocycles. The zero-order chi connectivity index (χ0) is 26.3. The fraction of sp³-hybridized carbons (Fsp3) is 0.323. The molecule has 0 aromatic heterocycles. The summed E-state index contributed by atoms with van der Waals surface area (Å²) in [7, 11) is 1.57. The van der Waals surface area contributed by atoms with Crippen molar-refractivity contribution >= 4 is 5.97 Å². The van der Waals surface area contributed by atoms with Crippen molar-refractivity contribution in [3.63, 3.8) is 0 Å². The highest BCUT2D eigenvalue weighted by Gasteiger charge is 2.21. The number of ether oxygens (including phenoxy) is 2. The largest absolute Gasteiger partial charge is 0.497 e. The van der Waals surface area contributed by atoms with Crippen LogP contribution in [0.25, 0.3) is 11.1 Å². The van der Waals surface area contributed by atoms with Crippen LogP contribution >= 0.6 is 0 Å². The Labute approximate surface area is 213 Å². The molecule has 1 N–H and O–H groups in total. The molecule has 0 saturated heterocycles. The quantitative estimate of drug-likeness (QED) is 0.337. The molecule has 0 saturated carbocycles. The number of methoxy groups -OCH3 is 1. The Hall–Kier alpha value is -3.78. The van der Waals surface area contributed by atoms with Crippen LogP contribution in [-0.4, -0.2) is 18.2 Å². The number of aliphatic carboxylic acids is 1. The first-order chi connectivity index (χ1) is 17.1. The van der Waals surface area contributed by atoms with E-state index in [1.807, 2.05) is 49.4 Å². The van der Waals surface area contributed by atoms with Crippen molar-refractivity contribution in [1.82, 2.24) is 0 Å². The van der Waals surface area contributed by atoms with Gasteiger partial charge in [-0.15, -0.1) is 5.92 Å². The minimum atomic E-state index is -0.882. The van der Waals surface area contributed by atoms with Gasteiger partial charge >= 0.3 is 5.97 Å². The Bertz CT molecular complexity index is 1260. The van der Waals surface area contributed by atoms with E-state index in [2.05, 4.69) is 32.6 Å². The molecule has 0 fully saturated rings. The van der Waals surface area contributed by atoms with Crippen LogP contribution < -0.4 is 9.47 Å². The van der Waals surface area contributed by atoms with Crippen LogP contribution in [0.3, 0.4) is 0 Å². The van der Waals surface area contributed by atoms with Crippen molar-refractivity contribution in [1.29, 1.82) is 0 Å². The molecule has 3 aromatic rings. The third-order valence-electron chi connectivity index (χ3n) is 5.88. The topological polar surface area (TPSA) is 55.8 Å². The van der Waals surface area contributed by atoms with Gasteiger partial charge in [0.2, 0.25) is 0 Å². The van der Waals surface area contributed by atoms with Gasteiger partial charge in [0.25, 0.3) is 0 Å². The molecule has 0 aliphatic heterocycles. The molecular weight excluding hydrogens is 455 g/mol. The molecule has 3 rings (SSSR count). The van der Waals surface area contributed by atoms with Gasteiger partial charge in [-0.25, -0.2) is 4.39 Å². The van der Waals surface area contributed by atoms with Crippen LogP contribution in [0, 0.1) is 17.7 Å². The van der Waals surface area contributed by atoms with Crippen molar-refractivity contribution in [2.75, 3.05) is 7.11 Å². The maximum absolute atomic E-state index is 14.9. The van der Waals surface area contributed by atoms with E-state index in [1.165, 1.54) is 6.07 Å². The molecule has 0 amide bonds. The molecule has 5 heteroatoms. The third kappa shape index (κ3) is 6.88. The summed E-state index contributed by atoms with van der Waals surface area (Å²) in [6.45, 7) is 8.54. The molecule has 0 aliphatic rings. The maximum atomic E-state index is 14.9. The highest BCUT2D eigenvalue weighted by atomic mass is 19.1. The molecule has 0 unspecified atom stereocenters. The Kier molecular flexibility index (Phi) is 8.77. The van der Waals surface area contributed by atoms with Gasteiger partial charge in [-0.2, -0.15) is 0 Å². The summed E-state index contributed by atoms with van der Waals surface area (Å²) in [6.07, 6.45) is 0.629. The van der Waals surface area contributed by atoms with Gasteiger partial charge in [-0.05, 0) is 64.1 Å². The lowest BCUT2D eigenvalue weighted by Gasteiger charge is -2.24. The third-order valence-corrected chi connectivity index (χ3v) is 5.88. The number of hydrogen-bond donors (Lipinski definition) is 1. The number of hydrogen-bond acceptors (Lipinski definition) is 3. The summed E-state index contributed by atoms with van der Waals surface area (Å²) >= 11 is 0. The van der Waals surface area contributed by atoms with Crippen LogP contribution in [-0.2, 0) is 16.8 Å². The number of carboxylic acid groups (broad SMARTS) is 1. The van der Waals surface area contributed by atoms with E-state index >= 15 is 0 Å². The van der Waals surface area contributed by atoms with E-state index in [0.29, 0.717) is 30.1 Å². The van der Waals surface area contributed by atoms with Crippen LogP contribution in [0.1, 0.15) is 63.1 Å². The van der Waals surface area contributed by atoms with Crippen molar-refractivity contribution in [3.8, 4) is 34.5 Å². The minimum absolute atomic E-state index is 0.0447. The summed E-state index contributed by atoms with van der Waals surface area (Å²) in [5, 5.41) is 9.21. The van der Waals surface area contributed by atoms with Gasteiger partial charge in [-0.1, -0.05) is 57.9 Å². The molecule has 0 spiro atoms. The molecule has 0 aliphatic carbocycles. The average molecular weight is 489 g/mol. The number of carboxylic acids is 1. The normalized spacial score (nSPS) is 11.8. The lowest BCUT2D eigenvalue weighted by molar-refractivity contribution is -0.137. The van der Waals surface area contributed by atoms with E-state index in [0.717, 1.165) is 22.3 Å². The molecule has 4 nitrogen and oxygen atoms in total. The van der Waals surface area contributed by atoms with Crippen molar-refractivity contribution in [3.05, 3.63) is 83.2 Å². The van der Waals surface area contributed by atoms with Gasteiger partial charge < -0.3 is 14.6 Å². The number of halogens is 1. The summed E-state index contributed by atoms with van der Waals surface area (Å²) in [4.78, 5) is 11.2. The molecular formula is C31H33FO4. The first kappa shape index (κ1) is 26.8. The van der Waals surface area contributed by atoms with Crippen LogP contribution in [0.4, 0.5) is 4.39 Å². The highest BCUT2D eigenvalue weighted by Crippen LogP contribution is 2.37. The molecule has 3 aromatic carbocycles. The number of carbonyl (C=O) groups is 1. The van der Waals surface area contributed by atoms with Crippen molar-refractivity contribution in [2.45, 2.75) is 58.5 Å². The average Bonchev–Trinajstić information content (AvgIpc) is 2.85. The Balaban J connectivity index is 1.85. The van der Waals surface area contributed by atoms with E-state index in [1.54, 1.807) is 19.2 Å². The molecule has 0 radical (unpaired) electrons. The summed E-state index contributed by atoms with van der Waals surface area (Å²) < 4.78 is 26.2. The summed E-state index contributed by atoms with van der Waals surface area (Å²) in [5.41, 5.74) is 3.88. The van der Waals surface area contributed by atoms with E-state index in [9.17, 15) is 14.3 Å². The number of benzene rings is 3. The smallest absolute Gasteiger partial charge is 0.304 e. The van der Waals surface area contributed by atoms with Gasteiger partial charge in [0, 0.05) is 12.0 Å². The SMILES string of the molecule is CCC#C[C@@H](CC(=O)O)c1ccc(OCc2ccc(C(C)(C)C)c(-c3cc(OC)ccc3F)c2)cc1. The van der Waals surface area contributed by atoms with Crippen LogP contribution in [0.5, 0.6) is 11.5 Å². The fourth-order valence-electron chi connectivity index (χ4n) is 4.01. The highest BCUT2D eigenvalue weighted by molar-refractivity contribution is 5.71. The zero-order valence-electron chi connectivity index (χ0n) is 21.5. The summed E-state index contributed by atoms with van der Waals surface area (Å²) in [5.74, 6) is 5.72. The van der Waals surface area contributed by atoms with Gasteiger partial charge in [0.1, 0.15) is 23.9 Å². The Morgan fingerprint density at radius 2 is 1.69 bits per heavy atom. The lowest BCUT2D eigenvalue weighted by Crippen LogP contribution is -2.13. The van der Waals surface area contributed by atoms with Crippen molar-refractivity contribution < 1.29 is 23.8 Å². The van der Waals surface area contributed by atoms with Gasteiger partial charge in [-0.3, -0.25) is 4.79 Å². The molecule has 0 bridgehead atoms. The first-order valence-corrected chi connectivity index (χ1v) is 12.0. The number of rotatable bonds is 8. The van der Waals surface area contributed by atoms with Gasteiger partial charge in [0.05, 0.1) is 19.4 Å². The summed E-state index contributed by atoms with van der Waals surface area (Å²) in [6, 6.07) is 18.1. The van der Waals surface area contributed by atoms with Crippen molar-refractivity contribution in [2.24, 2.45) is 0 Å². The fourth-order valence-corrected chi connectivity index (χ4v) is 4.01. The van der Waals surface area contributed by atoms with Crippen LogP contribution in [0.2, 0.25) is 0 Å². The monoisotopic (exact) mass is 488 g/mol. The second-order valence-electron chi connectivity index (χ2n) is 9.66. The maximum Gasteiger partial charge on any atom is 0.304 e. The minimum Gasteiger partial charge on any atom is -0.497 e. The molecule has 36 heavy (non-hydrogen) atoms. The predicted molar refractivity (Wildman–Crippen MR) is 141 cm³/mol. The van der Waals surface area contributed by atoms with Gasteiger partial charge in [0.15, 0.2) is 0 Å². The second-order valence-corrected chi connectivity index (χ2v) is 9.66. The lowest BCUT2D eigenvalue weighted by atomic mass is 9.81. The zero-order valence-corrected chi connectivity index (χ0v) is 21.5. The second kappa shape index (κ2) is 11.8. The van der Waals surface area contributed by atoms with E-state index in [-0.39, 0.29) is 23.6 Å². The predicted octanol–water partition coefficient (Wildman–Crippen LogP) is 7.35. The Morgan fingerprint density at radius 1 is 1.00 bits per heavy atom. The van der Waals surface area contributed by atoms with Crippen LogP contribution in [0.15, 0.2) is 60.7 Å². The van der Waals surface area contributed by atoms with E-state index < -0.39 is 5.97 Å². The molecule has 1 atom stereocenters. The standard InChI is InChI=1S/C31H33FO4/c1-6-7-8-23(18-30(33)34)22-10-12-24(13-11-22)36-20-21-9-15-28(31(2,3)4)26(17-21)27-19-25(35-5)14-16-29(27)32/h9-17,19,23H,6,18,20H2,1-5H3,(H,33,34)/t23-/m0/s1. The first-order valence-electron chi connectivity index (χ1n) is 12.0. The Morgan fingerprint density at radius 3 is 2.31 bits per heavy atom. The molecule has 188 valence electrons.